The van der Waals surface area contributed by atoms with Gasteiger partial charge in [-0.15, -0.1) is 10.5 Å². The lowest BCUT2D eigenvalue weighted by Gasteiger charge is -2.11. The molecule has 2 aromatic carbocycles. The Morgan fingerprint density at radius 2 is 1.25 bits per heavy atom. The smallest absolute Gasteiger partial charge is 0.351 e. The summed E-state index contributed by atoms with van der Waals surface area (Å²) in [5, 5.41) is 0. The molecule has 1 aliphatic heterocycles. The van der Waals surface area contributed by atoms with Crippen molar-refractivity contribution in [3.05, 3.63) is 45.3 Å². The normalized spacial score (nSPS) is 12.3. The third-order valence-corrected chi connectivity index (χ3v) is 6.88. The molecule has 0 saturated carbocycles. The lowest BCUT2D eigenvalue weighted by atomic mass is 10.1. The van der Waals surface area contributed by atoms with Crippen LogP contribution >= 0.6 is 42.3 Å². The molecule has 0 N–H and O–H groups in total. The van der Waals surface area contributed by atoms with Crippen LogP contribution in [0.25, 0.3) is 11.1 Å². The van der Waals surface area contributed by atoms with Crippen LogP contribution in [0.3, 0.4) is 0 Å². The fourth-order valence-corrected chi connectivity index (χ4v) is 5.64. The summed E-state index contributed by atoms with van der Waals surface area (Å²) in [5.74, 6) is -1.34. The fourth-order valence-electron chi connectivity index (χ4n) is 2.56. The molecule has 4 nitrogen and oxygen atoms in total. The second kappa shape index (κ2) is 6.82. The molecule has 0 aromatic heterocycles. The number of carbonyl (C=O) groups is 2. The van der Waals surface area contributed by atoms with Gasteiger partial charge in [-0.25, -0.2) is 9.59 Å². The molecule has 1 aliphatic rings. The number of rotatable bonds is 2. The Kier molecular flexibility index (Phi) is 4.94. The fraction of sp³-hybridized carbons (Fsp3) is 0.118. The van der Waals surface area contributed by atoms with Gasteiger partial charge in [-0.2, -0.15) is 0 Å². The number of hydrogen-bond donors (Lipinski definition) is 0. The summed E-state index contributed by atoms with van der Waals surface area (Å²) in [4.78, 5) is 26.4. The number of ether oxygens (including phenoxy) is 2. The maximum Gasteiger partial charge on any atom is 0.351 e. The Bertz CT molecular complexity index is 834. The van der Waals surface area contributed by atoms with Crippen LogP contribution in [0.2, 0.25) is 0 Å². The van der Waals surface area contributed by atoms with Gasteiger partial charge in [0.15, 0.2) is 4.86 Å². The van der Waals surface area contributed by atoms with Gasteiger partial charge in [0, 0.05) is 18.7 Å². The van der Waals surface area contributed by atoms with Crippen molar-refractivity contribution in [2.75, 3.05) is 14.2 Å². The van der Waals surface area contributed by atoms with Crippen LogP contribution in [0.15, 0.2) is 55.1 Å². The van der Waals surface area contributed by atoms with E-state index in [1.165, 1.54) is 14.2 Å². The Morgan fingerprint density at radius 3 is 1.62 bits per heavy atom. The number of fused-ring (bicyclic) bond motifs is 3. The number of methoxy groups -OCH3 is 2. The van der Waals surface area contributed by atoms with E-state index in [-0.39, 0.29) is 4.86 Å². The van der Waals surface area contributed by atoms with Crippen molar-refractivity contribution in [3.8, 4) is 11.1 Å². The summed E-state index contributed by atoms with van der Waals surface area (Å²) >= 11 is 6.96. The highest BCUT2D eigenvalue weighted by atomic mass is 79.9. The molecular weight excluding hydrogens is 460 g/mol. The van der Waals surface area contributed by atoms with E-state index in [0.717, 1.165) is 29.9 Å². The van der Waals surface area contributed by atoms with Crippen molar-refractivity contribution in [2.24, 2.45) is 0 Å². The van der Waals surface area contributed by atoms with Gasteiger partial charge in [-0.1, -0.05) is 31.9 Å². The van der Waals surface area contributed by atoms with Crippen LogP contribution in [0, 0.1) is 0 Å². The molecule has 0 fully saturated rings. The van der Waals surface area contributed by atoms with Crippen molar-refractivity contribution in [1.82, 2.24) is 0 Å². The third kappa shape index (κ3) is 2.85. The minimum absolute atomic E-state index is 0.00430. The van der Waals surface area contributed by atoms with E-state index in [2.05, 4.69) is 31.9 Å². The van der Waals surface area contributed by atoms with Crippen molar-refractivity contribution in [3.63, 3.8) is 0 Å². The minimum Gasteiger partial charge on any atom is -0.465 e. The molecular formula is C17H12Br2O4S. The molecule has 0 radical (unpaired) electrons. The van der Waals surface area contributed by atoms with Gasteiger partial charge in [0.2, 0.25) is 0 Å². The summed E-state index contributed by atoms with van der Waals surface area (Å²) in [6, 6.07) is 11.6. The van der Waals surface area contributed by atoms with E-state index in [1.807, 2.05) is 36.4 Å². The third-order valence-electron chi connectivity index (χ3n) is 3.56. The van der Waals surface area contributed by atoms with Crippen LogP contribution in [-0.2, 0) is 19.1 Å². The zero-order valence-electron chi connectivity index (χ0n) is 12.8. The predicted molar refractivity (Wildman–Crippen MR) is 100 cm³/mol. The maximum absolute atomic E-state index is 12.3. The number of carbonyl (C=O) groups excluding carboxylic acids is 2. The molecule has 7 heteroatoms. The van der Waals surface area contributed by atoms with Crippen LogP contribution in [0.5, 0.6) is 0 Å². The standard InChI is InChI=1S/C17H12Br2O4S/c1-22-16(20)15(17(21)23-2)24-13-5-3-9(18)7-11(13)12-8-10(19)4-6-14(12)24/h3-8H,1-2H3. The molecule has 1 heterocycles. The average Bonchev–Trinajstić information content (AvgIpc) is 2.88. The largest absolute Gasteiger partial charge is 0.465 e. The van der Waals surface area contributed by atoms with Crippen LogP contribution in [0.4, 0.5) is 0 Å². The lowest BCUT2D eigenvalue weighted by molar-refractivity contribution is -0.137. The molecule has 24 heavy (non-hydrogen) atoms. The highest BCUT2D eigenvalue weighted by Crippen LogP contribution is 2.54. The van der Waals surface area contributed by atoms with E-state index in [9.17, 15) is 9.59 Å². The number of hydrogen-bond acceptors (Lipinski definition) is 4. The average molecular weight is 472 g/mol. The molecule has 0 amide bonds. The second-order valence-electron chi connectivity index (χ2n) is 4.90. The first-order valence-corrected chi connectivity index (χ1v) is 9.66. The summed E-state index contributed by atoms with van der Waals surface area (Å²) in [6.45, 7) is 0. The first-order chi connectivity index (χ1) is 11.5. The first kappa shape index (κ1) is 17.4. The number of benzene rings is 2. The SMILES string of the molecule is COC(=O)C(C(=O)OC)=S1c2ccc(Br)cc2-c2cc(Br)ccc21. The van der Waals surface area contributed by atoms with Gasteiger partial charge in [-0.05, 0) is 47.5 Å². The van der Waals surface area contributed by atoms with Crippen molar-refractivity contribution < 1.29 is 19.1 Å². The Morgan fingerprint density at radius 1 is 0.833 bits per heavy atom. The number of halogens is 2. The van der Waals surface area contributed by atoms with Crippen LogP contribution in [-0.4, -0.2) is 31.0 Å². The van der Waals surface area contributed by atoms with Gasteiger partial charge in [-0.3, -0.25) is 0 Å². The highest BCUT2D eigenvalue weighted by Gasteiger charge is 2.32. The van der Waals surface area contributed by atoms with Crippen molar-refractivity contribution >= 4 is 59.1 Å². The molecule has 0 atom stereocenters. The molecule has 124 valence electrons. The molecule has 0 spiro atoms. The summed E-state index contributed by atoms with van der Waals surface area (Å²) < 4.78 is 11.5. The summed E-state index contributed by atoms with van der Waals surface area (Å²) in [5.41, 5.74) is 1.96. The zero-order chi connectivity index (χ0) is 17.4. The van der Waals surface area contributed by atoms with E-state index in [4.69, 9.17) is 9.47 Å². The van der Waals surface area contributed by atoms with Gasteiger partial charge >= 0.3 is 11.9 Å². The molecule has 0 aliphatic carbocycles. The monoisotopic (exact) mass is 470 g/mol. The quantitative estimate of drug-likeness (QED) is 0.316. The molecule has 0 bridgehead atoms. The first-order valence-electron chi connectivity index (χ1n) is 6.85. The topological polar surface area (TPSA) is 52.6 Å². The predicted octanol–water partition coefficient (Wildman–Crippen LogP) is 4.40. The van der Waals surface area contributed by atoms with Gasteiger partial charge < -0.3 is 9.47 Å². The minimum atomic E-state index is -0.866. The van der Waals surface area contributed by atoms with E-state index in [1.54, 1.807) is 0 Å². The lowest BCUT2D eigenvalue weighted by Crippen LogP contribution is -2.26. The highest BCUT2D eigenvalue weighted by molar-refractivity contribution is 9.10. The molecule has 0 saturated heterocycles. The van der Waals surface area contributed by atoms with Crippen LogP contribution in [0.1, 0.15) is 0 Å². The van der Waals surface area contributed by atoms with E-state index in [0.29, 0.717) is 0 Å². The van der Waals surface area contributed by atoms with Gasteiger partial charge in [0.25, 0.3) is 0 Å². The Balaban J connectivity index is 2.43. The Labute approximate surface area is 158 Å². The maximum atomic E-state index is 12.3. The second-order valence-corrected chi connectivity index (χ2v) is 8.63. The number of esters is 2. The van der Waals surface area contributed by atoms with Crippen molar-refractivity contribution in [2.45, 2.75) is 9.79 Å². The molecule has 2 aromatic rings. The van der Waals surface area contributed by atoms with E-state index >= 15 is 0 Å². The van der Waals surface area contributed by atoms with Crippen molar-refractivity contribution in [1.29, 1.82) is 0 Å². The van der Waals surface area contributed by atoms with Gasteiger partial charge in [0.1, 0.15) is 0 Å². The zero-order valence-corrected chi connectivity index (χ0v) is 16.7. The summed E-state index contributed by atoms with van der Waals surface area (Å²) in [7, 11) is 1.65. The van der Waals surface area contributed by atoms with Gasteiger partial charge in [0.05, 0.1) is 14.2 Å². The molecule has 0 unspecified atom stereocenters. The molecule has 3 rings (SSSR count). The Hall–Kier alpha value is -1.44. The van der Waals surface area contributed by atoms with Crippen LogP contribution < -0.4 is 0 Å². The summed E-state index contributed by atoms with van der Waals surface area (Å²) in [6.07, 6.45) is 0. The van der Waals surface area contributed by atoms with E-state index < -0.39 is 22.4 Å².